The quantitative estimate of drug-likeness (QED) is 0.605. The van der Waals surface area contributed by atoms with Crippen LogP contribution in [0.3, 0.4) is 0 Å². The molecule has 0 atom stereocenters. The maximum Gasteiger partial charge on any atom is 0.210 e. The van der Waals surface area contributed by atoms with Gasteiger partial charge in [0.05, 0.1) is 0 Å². The van der Waals surface area contributed by atoms with E-state index in [9.17, 15) is 0 Å². The van der Waals surface area contributed by atoms with Crippen LogP contribution in [0.5, 0.6) is 0 Å². The van der Waals surface area contributed by atoms with Gasteiger partial charge < -0.3 is 9.74 Å². The van der Waals surface area contributed by atoms with Crippen LogP contribution < -0.4 is 5.32 Å². The minimum absolute atomic E-state index is 0.898. The summed E-state index contributed by atoms with van der Waals surface area (Å²) in [6.07, 6.45) is 2.17. The van der Waals surface area contributed by atoms with Crippen molar-refractivity contribution in [1.29, 1.82) is 0 Å². The molecule has 1 N–H and O–H groups in total. The summed E-state index contributed by atoms with van der Waals surface area (Å²) < 4.78 is 5.43. The van der Waals surface area contributed by atoms with Crippen LogP contribution in [0.4, 0.5) is 0 Å². The molecule has 88 valence electrons. The monoisotopic (exact) mass is 235 g/mol. The van der Waals surface area contributed by atoms with Crippen LogP contribution >= 0.6 is 0 Å². The lowest BCUT2D eigenvalue weighted by molar-refractivity contribution is 0.415. The van der Waals surface area contributed by atoms with Gasteiger partial charge in [0.2, 0.25) is 8.32 Å². The molecule has 0 saturated heterocycles. The van der Waals surface area contributed by atoms with E-state index < -0.39 is 8.32 Å². The number of nitrogens with one attached hydrogen (secondary N) is 1. The number of hydrogen-bond acceptors (Lipinski definition) is 2. The molecule has 3 heteroatoms. The molecule has 0 amide bonds. The summed E-state index contributed by atoms with van der Waals surface area (Å²) in [5.41, 5.74) is 3.53. The summed E-state index contributed by atoms with van der Waals surface area (Å²) in [6.45, 7) is 6.18. The predicted molar refractivity (Wildman–Crippen MR) is 71.8 cm³/mol. The fourth-order valence-corrected chi connectivity index (χ4v) is 2.13. The lowest BCUT2D eigenvalue weighted by Crippen LogP contribution is -2.26. The number of rotatable bonds is 6. The van der Waals surface area contributed by atoms with Crippen LogP contribution in [0.15, 0.2) is 42.1 Å². The van der Waals surface area contributed by atoms with Crippen molar-refractivity contribution in [2.75, 3.05) is 13.7 Å². The van der Waals surface area contributed by atoms with E-state index in [-0.39, 0.29) is 0 Å². The maximum atomic E-state index is 5.43. The van der Waals surface area contributed by atoms with Gasteiger partial charge in [-0.15, -0.1) is 0 Å². The van der Waals surface area contributed by atoms with Gasteiger partial charge in [-0.1, -0.05) is 42.1 Å². The van der Waals surface area contributed by atoms with E-state index in [1.807, 2.05) is 6.07 Å². The standard InChI is InChI=1S/C13H21NOSi/c1-15-16(2,3)11-7-10-14-12-13-8-5-4-6-9-13/h4-9,11,14H,10,12H2,1-3H3. The summed E-state index contributed by atoms with van der Waals surface area (Å²) >= 11 is 0. The van der Waals surface area contributed by atoms with Crippen molar-refractivity contribution in [2.24, 2.45) is 0 Å². The highest BCUT2D eigenvalue weighted by Gasteiger charge is 2.14. The maximum absolute atomic E-state index is 5.43. The Hall–Kier alpha value is -0.903. The summed E-state index contributed by atoms with van der Waals surface area (Å²) in [6, 6.07) is 10.4. The Bertz CT molecular complexity index is 322. The number of hydrogen-bond donors (Lipinski definition) is 1. The van der Waals surface area contributed by atoms with E-state index in [0.29, 0.717) is 0 Å². The molecule has 0 aromatic heterocycles. The molecule has 0 heterocycles. The zero-order chi connectivity index (χ0) is 11.9. The molecule has 0 fully saturated rings. The van der Waals surface area contributed by atoms with Gasteiger partial charge in [0.1, 0.15) is 0 Å². The summed E-state index contributed by atoms with van der Waals surface area (Å²) in [7, 11) is 0.259. The second kappa shape index (κ2) is 6.63. The highest BCUT2D eigenvalue weighted by molar-refractivity contribution is 6.76. The van der Waals surface area contributed by atoms with Crippen LogP contribution in [-0.4, -0.2) is 22.0 Å². The average Bonchev–Trinajstić information content (AvgIpc) is 2.30. The SMILES string of the molecule is CO[Si](C)(C)C=CCNCc1ccccc1. The van der Waals surface area contributed by atoms with Gasteiger partial charge in [-0.2, -0.15) is 0 Å². The van der Waals surface area contributed by atoms with Crippen LogP contribution in [0.25, 0.3) is 0 Å². The van der Waals surface area contributed by atoms with Crippen LogP contribution in [0, 0.1) is 0 Å². The van der Waals surface area contributed by atoms with E-state index >= 15 is 0 Å². The molecule has 0 bridgehead atoms. The highest BCUT2D eigenvalue weighted by Crippen LogP contribution is 2.03. The second-order valence-electron chi connectivity index (χ2n) is 4.33. The van der Waals surface area contributed by atoms with Gasteiger partial charge in [-0.3, -0.25) is 0 Å². The first-order valence-corrected chi connectivity index (χ1v) is 8.60. The van der Waals surface area contributed by atoms with Crippen LogP contribution in [0.2, 0.25) is 13.1 Å². The van der Waals surface area contributed by atoms with Crippen molar-refractivity contribution in [2.45, 2.75) is 19.6 Å². The lowest BCUT2D eigenvalue weighted by atomic mass is 10.2. The molecule has 0 aliphatic heterocycles. The van der Waals surface area contributed by atoms with Crippen molar-refractivity contribution in [3.05, 3.63) is 47.7 Å². The van der Waals surface area contributed by atoms with Crippen molar-refractivity contribution in [3.8, 4) is 0 Å². The highest BCUT2D eigenvalue weighted by atomic mass is 28.4. The summed E-state index contributed by atoms with van der Waals surface area (Å²) in [4.78, 5) is 0. The first-order valence-electron chi connectivity index (χ1n) is 5.61. The Morgan fingerprint density at radius 3 is 2.56 bits per heavy atom. The molecule has 1 rings (SSSR count). The lowest BCUT2D eigenvalue weighted by Gasteiger charge is -2.14. The molecule has 0 radical (unpaired) electrons. The summed E-state index contributed by atoms with van der Waals surface area (Å²) in [5, 5.41) is 3.38. The fourth-order valence-electron chi connectivity index (χ4n) is 1.31. The molecule has 0 saturated carbocycles. The molecule has 0 spiro atoms. The van der Waals surface area contributed by atoms with Gasteiger partial charge >= 0.3 is 0 Å². The van der Waals surface area contributed by atoms with Gasteiger partial charge in [-0.25, -0.2) is 0 Å². The molecule has 0 aliphatic carbocycles. The Labute approximate surface area is 99.5 Å². The van der Waals surface area contributed by atoms with Crippen LogP contribution in [-0.2, 0) is 11.0 Å². The van der Waals surface area contributed by atoms with E-state index in [1.54, 1.807) is 7.11 Å². The minimum atomic E-state index is -1.53. The first-order chi connectivity index (χ1) is 7.64. The molecule has 1 aromatic rings. The van der Waals surface area contributed by atoms with Gasteiger partial charge in [0, 0.05) is 20.2 Å². The molecule has 1 aromatic carbocycles. The van der Waals surface area contributed by atoms with Gasteiger partial charge in [0.15, 0.2) is 0 Å². The first kappa shape index (κ1) is 13.2. The average molecular weight is 235 g/mol. The van der Waals surface area contributed by atoms with E-state index in [4.69, 9.17) is 4.43 Å². The summed E-state index contributed by atoms with van der Waals surface area (Å²) in [5.74, 6) is 0. The minimum Gasteiger partial charge on any atom is -0.417 e. The third-order valence-corrected chi connectivity index (χ3v) is 4.57. The van der Waals surface area contributed by atoms with Crippen LogP contribution in [0.1, 0.15) is 5.56 Å². The Kier molecular flexibility index (Phi) is 5.45. The molecule has 16 heavy (non-hydrogen) atoms. The zero-order valence-electron chi connectivity index (χ0n) is 10.4. The Balaban J connectivity index is 2.22. The van der Waals surface area contributed by atoms with Crippen molar-refractivity contribution in [1.82, 2.24) is 5.32 Å². The van der Waals surface area contributed by atoms with E-state index in [1.165, 1.54) is 5.56 Å². The van der Waals surface area contributed by atoms with Gasteiger partial charge in [-0.05, 0) is 18.7 Å². The van der Waals surface area contributed by atoms with Crippen molar-refractivity contribution < 1.29 is 4.43 Å². The third-order valence-electron chi connectivity index (χ3n) is 2.48. The molecular weight excluding hydrogens is 214 g/mol. The molecule has 0 aliphatic rings. The second-order valence-corrected chi connectivity index (χ2v) is 8.27. The number of benzene rings is 1. The smallest absolute Gasteiger partial charge is 0.210 e. The molecule has 0 unspecified atom stereocenters. The zero-order valence-corrected chi connectivity index (χ0v) is 11.4. The Morgan fingerprint density at radius 2 is 1.94 bits per heavy atom. The predicted octanol–water partition coefficient (Wildman–Crippen LogP) is 2.72. The third kappa shape index (κ3) is 5.26. The topological polar surface area (TPSA) is 21.3 Å². The van der Waals surface area contributed by atoms with E-state index in [0.717, 1.165) is 13.1 Å². The largest absolute Gasteiger partial charge is 0.417 e. The van der Waals surface area contributed by atoms with Gasteiger partial charge in [0.25, 0.3) is 0 Å². The molecular formula is C13H21NOSi. The van der Waals surface area contributed by atoms with Crippen molar-refractivity contribution in [3.63, 3.8) is 0 Å². The molecule has 2 nitrogen and oxygen atoms in total. The normalized spacial score (nSPS) is 12.2. The van der Waals surface area contributed by atoms with E-state index in [2.05, 4.69) is 54.5 Å². The Morgan fingerprint density at radius 1 is 1.25 bits per heavy atom. The fraction of sp³-hybridized carbons (Fsp3) is 0.385. The van der Waals surface area contributed by atoms with Crippen molar-refractivity contribution >= 4 is 8.32 Å².